The summed E-state index contributed by atoms with van der Waals surface area (Å²) < 4.78 is 11.1. The summed E-state index contributed by atoms with van der Waals surface area (Å²) >= 11 is 0. The van der Waals surface area contributed by atoms with Crippen molar-refractivity contribution in [3.8, 4) is 5.75 Å². The summed E-state index contributed by atoms with van der Waals surface area (Å²) in [5.74, 6) is 0.554. The molecular formula is C26H24N2O3. The highest BCUT2D eigenvalue weighted by atomic mass is 16.5. The topological polar surface area (TPSA) is 66.5 Å². The molecule has 0 bridgehead atoms. The van der Waals surface area contributed by atoms with E-state index < -0.39 is 0 Å². The van der Waals surface area contributed by atoms with E-state index >= 15 is 0 Å². The quantitative estimate of drug-likeness (QED) is 0.390. The predicted molar refractivity (Wildman–Crippen MR) is 122 cm³/mol. The number of furan rings is 1. The zero-order chi connectivity index (χ0) is 21.5. The Morgan fingerprint density at radius 1 is 0.935 bits per heavy atom. The second kappa shape index (κ2) is 9.76. The van der Waals surface area contributed by atoms with Crippen LogP contribution in [-0.4, -0.2) is 30.2 Å². The van der Waals surface area contributed by atoms with Crippen LogP contribution in [0, 0.1) is 5.41 Å². The lowest BCUT2D eigenvalue weighted by Crippen LogP contribution is -2.36. The lowest BCUT2D eigenvalue weighted by atomic mass is 10.0. The molecule has 0 aliphatic carbocycles. The Labute approximate surface area is 181 Å². The number of amides is 1. The van der Waals surface area contributed by atoms with Gasteiger partial charge in [-0.05, 0) is 35.6 Å². The molecule has 1 heterocycles. The SMILES string of the molecule is N=Cc1ccc(OCC(=O)N(CCc2ccccc2)Cc2ccoc2)c2ccccc12. The summed E-state index contributed by atoms with van der Waals surface area (Å²) in [6, 6.07) is 23.4. The van der Waals surface area contributed by atoms with Crippen LogP contribution in [0.25, 0.3) is 10.8 Å². The smallest absolute Gasteiger partial charge is 0.260 e. The van der Waals surface area contributed by atoms with E-state index in [2.05, 4.69) is 12.1 Å². The molecule has 4 aromatic rings. The van der Waals surface area contributed by atoms with Gasteiger partial charge in [-0.2, -0.15) is 0 Å². The Morgan fingerprint density at radius 2 is 1.71 bits per heavy atom. The molecule has 1 amide bonds. The number of carbonyl (C=O) groups excluding carboxylic acids is 1. The average molecular weight is 412 g/mol. The predicted octanol–water partition coefficient (Wildman–Crippen LogP) is 5.08. The standard InChI is InChI=1S/C26H24N2O3/c27-16-22-10-11-25(24-9-5-4-8-23(22)24)31-19-26(29)28(17-21-13-15-30-18-21)14-12-20-6-2-1-3-7-20/h1-11,13,15-16,18,27H,12,14,17,19H2. The van der Waals surface area contributed by atoms with Crippen molar-refractivity contribution < 1.29 is 13.9 Å². The maximum atomic E-state index is 13.1. The van der Waals surface area contributed by atoms with Gasteiger partial charge in [0, 0.05) is 35.8 Å². The van der Waals surface area contributed by atoms with Crippen molar-refractivity contribution in [2.45, 2.75) is 13.0 Å². The zero-order valence-electron chi connectivity index (χ0n) is 17.2. The molecule has 156 valence electrons. The number of fused-ring (bicyclic) bond motifs is 1. The molecule has 1 N–H and O–H groups in total. The minimum Gasteiger partial charge on any atom is -0.483 e. The van der Waals surface area contributed by atoms with Crippen molar-refractivity contribution in [1.82, 2.24) is 4.90 Å². The van der Waals surface area contributed by atoms with E-state index in [-0.39, 0.29) is 12.5 Å². The Balaban J connectivity index is 1.48. The van der Waals surface area contributed by atoms with E-state index in [1.54, 1.807) is 17.4 Å². The first-order valence-electron chi connectivity index (χ1n) is 10.2. The van der Waals surface area contributed by atoms with E-state index in [1.807, 2.05) is 60.7 Å². The van der Waals surface area contributed by atoms with Gasteiger partial charge in [-0.1, -0.05) is 54.6 Å². The fourth-order valence-electron chi connectivity index (χ4n) is 3.58. The van der Waals surface area contributed by atoms with E-state index in [4.69, 9.17) is 14.6 Å². The van der Waals surface area contributed by atoms with Gasteiger partial charge < -0.3 is 19.5 Å². The third-order valence-electron chi connectivity index (χ3n) is 5.24. The second-order valence-corrected chi connectivity index (χ2v) is 7.31. The van der Waals surface area contributed by atoms with Crippen molar-refractivity contribution in [2.24, 2.45) is 0 Å². The van der Waals surface area contributed by atoms with E-state index in [1.165, 1.54) is 11.8 Å². The van der Waals surface area contributed by atoms with Gasteiger partial charge in [0.05, 0.1) is 12.5 Å². The second-order valence-electron chi connectivity index (χ2n) is 7.31. The summed E-state index contributed by atoms with van der Waals surface area (Å²) in [4.78, 5) is 14.9. The van der Waals surface area contributed by atoms with Crippen LogP contribution in [0.1, 0.15) is 16.7 Å². The van der Waals surface area contributed by atoms with Gasteiger partial charge in [-0.25, -0.2) is 0 Å². The molecule has 0 saturated carbocycles. The van der Waals surface area contributed by atoms with Crippen LogP contribution in [0.4, 0.5) is 0 Å². The first kappa shape index (κ1) is 20.4. The summed E-state index contributed by atoms with van der Waals surface area (Å²) in [6.45, 7) is 1.00. The molecule has 0 unspecified atom stereocenters. The molecule has 31 heavy (non-hydrogen) atoms. The molecule has 0 saturated heterocycles. The number of nitrogens with zero attached hydrogens (tertiary/aromatic N) is 1. The van der Waals surface area contributed by atoms with Crippen LogP contribution in [0.5, 0.6) is 5.75 Å². The number of hydrogen-bond acceptors (Lipinski definition) is 4. The Bertz CT molecular complexity index is 1150. The molecule has 0 radical (unpaired) electrons. The van der Waals surface area contributed by atoms with Gasteiger partial charge in [0.25, 0.3) is 5.91 Å². The first-order chi connectivity index (χ1) is 15.2. The van der Waals surface area contributed by atoms with Crippen molar-refractivity contribution in [1.29, 1.82) is 5.41 Å². The van der Waals surface area contributed by atoms with Gasteiger partial charge in [0.15, 0.2) is 6.61 Å². The van der Waals surface area contributed by atoms with Crippen LogP contribution in [0.2, 0.25) is 0 Å². The average Bonchev–Trinajstić information content (AvgIpc) is 3.34. The molecule has 5 nitrogen and oxygen atoms in total. The summed E-state index contributed by atoms with van der Waals surface area (Å²) in [6.07, 6.45) is 5.37. The van der Waals surface area contributed by atoms with E-state index in [0.717, 1.165) is 28.3 Å². The largest absolute Gasteiger partial charge is 0.483 e. The molecule has 0 aliphatic rings. The lowest BCUT2D eigenvalue weighted by molar-refractivity contribution is -0.134. The third kappa shape index (κ3) is 5.01. The van der Waals surface area contributed by atoms with Gasteiger partial charge in [-0.15, -0.1) is 0 Å². The summed E-state index contributed by atoms with van der Waals surface area (Å²) in [5, 5.41) is 9.42. The van der Waals surface area contributed by atoms with Crippen LogP contribution < -0.4 is 4.74 Å². The fraction of sp³-hybridized carbons (Fsp3) is 0.154. The third-order valence-corrected chi connectivity index (χ3v) is 5.24. The summed E-state index contributed by atoms with van der Waals surface area (Å²) in [5.41, 5.74) is 2.95. The van der Waals surface area contributed by atoms with Gasteiger partial charge >= 0.3 is 0 Å². The van der Waals surface area contributed by atoms with Crippen molar-refractivity contribution in [2.75, 3.05) is 13.2 Å². The zero-order valence-corrected chi connectivity index (χ0v) is 17.2. The number of rotatable bonds is 9. The molecular weight excluding hydrogens is 388 g/mol. The number of ether oxygens (including phenoxy) is 1. The van der Waals surface area contributed by atoms with E-state index in [0.29, 0.717) is 18.8 Å². The Kier molecular flexibility index (Phi) is 6.43. The minimum atomic E-state index is -0.0858. The van der Waals surface area contributed by atoms with Crippen molar-refractivity contribution in [3.63, 3.8) is 0 Å². The number of benzene rings is 3. The highest BCUT2D eigenvalue weighted by molar-refractivity contribution is 6.01. The van der Waals surface area contributed by atoms with Crippen molar-refractivity contribution >= 4 is 22.9 Å². The van der Waals surface area contributed by atoms with Gasteiger partial charge in [-0.3, -0.25) is 4.79 Å². The van der Waals surface area contributed by atoms with Crippen LogP contribution in [0.15, 0.2) is 89.7 Å². The van der Waals surface area contributed by atoms with Crippen LogP contribution >= 0.6 is 0 Å². The monoisotopic (exact) mass is 412 g/mol. The van der Waals surface area contributed by atoms with Gasteiger partial charge in [0.1, 0.15) is 5.75 Å². The highest BCUT2D eigenvalue weighted by Gasteiger charge is 2.16. The normalized spacial score (nSPS) is 10.7. The Morgan fingerprint density at radius 3 is 2.45 bits per heavy atom. The maximum Gasteiger partial charge on any atom is 0.260 e. The molecule has 1 aromatic heterocycles. The Hall–Kier alpha value is -3.86. The molecule has 4 rings (SSSR count). The molecule has 0 atom stereocenters. The molecule has 0 spiro atoms. The number of nitrogens with one attached hydrogen (secondary N) is 1. The summed E-state index contributed by atoms with van der Waals surface area (Å²) in [7, 11) is 0. The minimum absolute atomic E-state index is 0.0550. The first-order valence-corrected chi connectivity index (χ1v) is 10.2. The maximum absolute atomic E-state index is 13.1. The highest BCUT2D eigenvalue weighted by Crippen LogP contribution is 2.28. The van der Waals surface area contributed by atoms with Crippen molar-refractivity contribution in [3.05, 3.63) is 102 Å². The number of hydrogen-bond donors (Lipinski definition) is 1. The fourth-order valence-corrected chi connectivity index (χ4v) is 3.58. The van der Waals surface area contributed by atoms with Crippen LogP contribution in [0.3, 0.4) is 0 Å². The molecule has 0 fully saturated rings. The number of carbonyl (C=O) groups is 1. The molecule has 5 heteroatoms. The van der Waals surface area contributed by atoms with E-state index in [9.17, 15) is 4.79 Å². The van der Waals surface area contributed by atoms with Gasteiger partial charge in [0.2, 0.25) is 0 Å². The van der Waals surface area contributed by atoms with Crippen LogP contribution in [-0.2, 0) is 17.8 Å². The lowest BCUT2D eigenvalue weighted by Gasteiger charge is -2.22. The molecule has 3 aromatic carbocycles. The molecule has 0 aliphatic heterocycles.